The number of anilines is 1. The molecule has 0 radical (unpaired) electrons. The Kier molecular flexibility index (Phi) is 11.2. The van der Waals surface area contributed by atoms with E-state index in [0.29, 0.717) is 50.2 Å². The number of amides is 2. The van der Waals surface area contributed by atoms with Crippen LogP contribution in [0.3, 0.4) is 0 Å². The van der Waals surface area contributed by atoms with Gasteiger partial charge < -0.3 is 19.3 Å². The molecule has 4 rings (SSSR count). The van der Waals surface area contributed by atoms with Crippen LogP contribution in [0.5, 0.6) is 11.5 Å². The van der Waals surface area contributed by atoms with Gasteiger partial charge in [-0.05, 0) is 86.2 Å². The van der Waals surface area contributed by atoms with E-state index < -0.39 is 0 Å². The number of benzene rings is 3. The van der Waals surface area contributed by atoms with Gasteiger partial charge in [-0.1, -0.05) is 44.2 Å². The normalized spacial score (nSPS) is 14.8. The van der Waals surface area contributed by atoms with Crippen LogP contribution >= 0.6 is 0 Å². The first kappa shape index (κ1) is 32.1. The van der Waals surface area contributed by atoms with Gasteiger partial charge in [0.05, 0.1) is 25.8 Å². The molecule has 0 bridgehead atoms. The van der Waals surface area contributed by atoms with Crippen LogP contribution in [0, 0.1) is 12.8 Å². The van der Waals surface area contributed by atoms with Gasteiger partial charge in [0.25, 0.3) is 5.91 Å². The second-order valence-electron chi connectivity index (χ2n) is 12.1. The fraction of sp³-hybridized carbons (Fsp3) is 0.444. The molecule has 3 aromatic rings. The van der Waals surface area contributed by atoms with Crippen molar-refractivity contribution >= 4 is 17.5 Å². The van der Waals surface area contributed by atoms with Crippen LogP contribution in [-0.2, 0) is 17.8 Å². The molecular weight excluding hydrogens is 538 g/mol. The summed E-state index contributed by atoms with van der Waals surface area (Å²) in [4.78, 5) is 34.2. The Bertz CT molecular complexity index is 1350. The van der Waals surface area contributed by atoms with Crippen LogP contribution in [0.2, 0.25) is 0 Å². The van der Waals surface area contributed by atoms with Gasteiger partial charge in [-0.2, -0.15) is 0 Å². The van der Waals surface area contributed by atoms with Crippen molar-refractivity contribution in [2.45, 2.75) is 60.0 Å². The van der Waals surface area contributed by atoms with E-state index in [1.54, 1.807) is 7.11 Å². The molecule has 3 aromatic carbocycles. The Morgan fingerprint density at radius 1 is 0.837 bits per heavy atom. The van der Waals surface area contributed by atoms with Gasteiger partial charge in [0, 0.05) is 44.3 Å². The fourth-order valence-electron chi connectivity index (χ4n) is 5.51. The first-order valence-corrected chi connectivity index (χ1v) is 15.4. The van der Waals surface area contributed by atoms with Gasteiger partial charge in [0.1, 0.15) is 11.5 Å². The van der Waals surface area contributed by atoms with E-state index in [2.05, 4.69) is 51.7 Å². The average molecular weight is 586 g/mol. The summed E-state index contributed by atoms with van der Waals surface area (Å²) in [5, 5.41) is 0. The van der Waals surface area contributed by atoms with E-state index in [0.717, 1.165) is 53.4 Å². The highest BCUT2D eigenvalue weighted by atomic mass is 16.5. The Morgan fingerprint density at radius 3 is 2.19 bits per heavy atom. The monoisotopic (exact) mass is 585 g/mol. The van der Waals surface area contributed by atoms with Crippen molar-refractivity contribution in [3.05, 3.63) is 89.0 Å². The number of hydrogen-bond acceptors (Lipinski definition) is 5. The largest absolute Gasteiger partial charge is 0.497 e. The molecule has 1 aliphatic heterocycles. The van der Waals surface area contributed by atoms with Crippen molar-refractivity contribution in [2.75, 3.05) is 44.8 Å². The van der Waals surface area contributed by atoms with Crippen LogP contribution in [0.25, 0.3) is 0 Å². The average Bonchev–Trinajstić information content (AvgIpc) is 3.03. The minimum atomic E-state index is -0.0260. The topological polar surface area (TPSA) is 62.3 Å². The zero-order valence-electron chi connectivity index (χ0n) is 26.6. The quantitative estimate of drug-likeness (QED) is 0.307. The first-order chi connectivity index (χ1) is 20.7. The number of nitrogens with zero attached hydrogens (tertiary/aromatic N) is 3. The van der Waals surface area contributed by atoms with Crippen molar-refractivity contribution in [3.63, 3.8) is 0 Å². The molecule has 2 amide bonds. The SMILES string of the molecule is COc1ccc(CC(=O)N2CCCN(C(C)C)CCN(C(=O)c3ccc(OCC(C)C)cc3)Cc3cccc(C)c32)cc1. The minimum absolute atomic E-state index is 0.0260. The van der Waals surface area contributed by atoms with Crippen molar-refractivity contribution in [1.82, 2.24) is 9.80 Å². The van der Waals surface area contributed by atoms with Crippen LogP contribution in [-0.4, -0.2) is 67.6 Å². The molecule has 0 spiro atoms. The van der Waals surface area contributed by atoms with E-state index >= 15 is 0 Å². The highest BCUT2D eigenvalue weighted by Gasteiger charge is 2.26. The Hall–Kier alpha value is -3.84. The fourth-order valence-corrected chi connectivity index (χ4v) is 5.51. The molecule has 230 valence electrons. The van der Waals surface area contributed by atoms with Crippen LogP contribution in [0.15, 0.2) is 66.7 Å². The highest BCUT2D eigenvalue weighted by molar-refractivity contribution is 5.97. The molecule has 0 fully saturated rings. The second-order valence-corrected chi connectivity index (χ2v) is 12.1. The number of carbonyl (C=O) groups excluding carboxylic acids is 2. The number of aryl methyl sites for hydroxylation is 1. The van der Waals surface area contributed by atoms with Gasteiger partial charge >= 0.3 is 0 Å². The molecule has 7 heteroatoms. The van der Waals surface area contributed by atoms with Gasteiger partial charge in [-0.3, -0.25) is 14.5 Å². The zero-order valence-corrected chi connectivity index (χ0v) is 26.6. The summed E-state index contributed by atoms with van der Waals surface area (Å²) in [6.07, 6.45) is 1.13. The Morgan fingerprint density at radius 2 is 1.53 bits per heavy atom. The van der Waals surface area contributed by atoms with Crippen LogP contribution in [0.4, 0.5) is 5.69 Å². The molecule has 7 nitrogen and oxygen atoms in total. The molecule has 0 atom stereocenters. The molecule has 0 aromatic heterocycles. The third-order valence-electron chi connectivity index (χ3n) is 7.95. The Labute approximate surface area is 257 Å². The summed E-state index contributed by atoms with van der Waals surface area (Å²) in [5.74, 6) is 1.98. The summed E-state index contributed by atoms with van der Waals surface area (Å²) in [5.41, 5.74) is 4.49. The van der Waals surface area contributed by atoms with E-state index in [4.69, 9.17) is 9.47 Å². The lowest BCUT2D eigenvalue weighted by atomic mass is 10.0. The summed E-state index contributed by atoms with van der Waals surface area (Å²) in [7, 11) is 1.64. The smallest absolute Gasteiger partial charge is 0.254 e. The summed E-state index contributed by atoms with van der Waals surface area (Å²) < 4.78 is 11.1. The predicted octanol–water partition coefficient (Wildman–Crippen LogP) is 6.37. The molecule has 1 heterocycles. The van der Waals surface area contributed by atoms with E-state index in [-0.39, 0.29) is 11.8 Å². The number of carbonyl (C=O) groups is 2. The molecular formula is C36H47N3O4. The van der Waals surface area contributed by atoms with Gasteiger partial charge in [0.2, 0.25) is 5.91 Å². The number of fused-ring (bicyclic) bond motifs is 1. The van der Waals surface area contributed by atoms with E-state index in [9.17, 15) is 9.59 Å². The molecule has 0 saturated heterocycles. The van der Waals surface area contributed by atoms with Crippen LogP contribution in [0.1, 0.15) is 61.2 Å². The van der Waals surface area contributed by atoms with Crippen molar-refractivity contribution in [1.29, 1.82) is 0 Å². The van der Waals surface area contributed by atoms with E-state index in [1.807, 2.05) is 64.4 Å². The van der Waals surface area contributed by atoms with Gasteiger partial charge in [0.15, 0.2) is 0 Å². The third-order valence-corrected chi connectivity index (χ3v) is 7.95. The number of para-hydroxylation sites is 1. The highest BCUT2D eigenvalue weighted by Crippen LogP contribution is 2.29. The lowest BCUT2D eigenvalue weighted by Gasteiger charge is -2.30. The molecule has 1 aliphatic rings. The number of ether oxygens (including phenoxy) is 2. The molecule has 0 aliphatic carbocycles. The van der Waals surface area contributed by atoms with Crippen molar-refractivity contribution in [3.8, 4) is 11.5 Å². The Balaban J connectivity index is 1.66. The van der Waals surface area contributed by atoms with E-state index in [1.165, 1.54) is 0 Å². The van der Waals surface area contributed by atoms with Crippen molar-refractivity contribution in [2.24, 2.45) is 5.92 Å². The molecule has 0 N–H and O–H groups in total. The second kappa shape index (κ2) is 15.1. The maximum Gasteiger partial charge on any atom is 0.254 e. The number of methoxy groups -OCH3 is 1. The first-order valence-electron chi connectivity index (χ1n) is 15.4. The molecule has 0 unspecified atom stereocenters. The minimum Gasteiger partial charge on any atom is -0.497 e. The van der Waals surface area contributed by atoms with Gasteiger partial charge in [-0.25, -0.2) is 0 Å². The lowest BCUT2D eigenvalue weighted by Crippen LogP contribution is -2.41. The standard InChI is InChI=1S/C36H47N3O4/c1-26(2)25-43-33-17-13-30(14-18-33)36(41)38-22-21-37(27(3)4)19-8-20-39(35-28(5)9-7-10-31(35)24-38)34(40)23-29-11-15-32(42-6)16-12-29/h7,9-18,26-27H,8,19-25H2,1-6H3. The number of rotatable bonds is 8. The van der Waals surface area contributed by atoms with Crippen molar-refractivity contribution < 1.29 is 19.1 Å². The van der Waals surface area contributed by atoms with Crippen LogP contribution < -0.4 is 14.4 Å². The summed E-state index contributed by atoms with van der Waals surface area (Å²) in [6.45, 7) is 14.5. The number of hydrogen-bond donors (Lipinski definition) is 0. The zero-order chi connectivity index (χ0) is 30.9. The maximum atomic E-state index is 14.0. The third kappa shape index (κ3) is 8.60. The van der Waals surface area contributed by atoms with Gasteiger partial charge in [-0.15, -0.1) is 0 Å². The molecule has 43 heavy (non-hydrogen) atoms. The summed E-state index contributed by atoms with van der Waals surface area (Å²) >= 11 is 0. The predicted molar refractivity (Wildman–Crippen MR) is 173 cm³/mol. The molecule has 0 saturated carbocycles. The lowest BCUT2D eigenvalue weighted by molar-refractivity contribution is -0.118. The summed E-state index contributed by atoms with van der Waals surface area (Å²) in [6, 6.07) is 21.6. The maximum absolute atomic E-state index is 14.0.